The summed E-state index contributed by atoms with van der Waals surface area (Å²) >= 11 is 0. The standard InChI is InChI=1S/C15H29N3O/c1-11(2)7-16-9-15(12(3)4)19-14-8-17-18(10-14)13(5)6/h8,10-13,15-16H,7,9H2,1-6H3. The summed E-state index contributed by atoms with van der Waals surface area (Å²) < 4.78 is 7.97. The number of nitrogens with zero attached hydrogens (tertiary/aromatic N) is 2. The third kappa shape index (κ3) is 5.64. The number of hydrogen-bond donors (Lipinski definition) is 1. The maximum Gasteiger partial charge on any atom is 0.157 e. The Bertz CT molecular complexity index is 358. The lowest BCUT2D eigenvalue weighted by Gasteiger charge is -2.22. The quantitative estimate of drug-likeness (QED) is 0.786. The highest BCUT2D eigenvalue weighted by Crippen LogP contribution is 2.16. The molecule has 0 fully saturated rings. The molecule has 0 aliphatic carbocycles. The zero-order chi connectivity index (χ0) is 14.4. The number of aromatic nitrogens is 2. The van der Waals surface area contributed by atoms with Gasteiger partial charge in [-0.25, -0.2) is 0 Å². The molecule has 0 aromatic carbocycles. The van der Waals surface area contributed by atoms with Crippen LogP contribution in [0.25, 0.3) is 0 Å². The molecule has 0 amide bonds. The van der Waals surface area contributed by atoms with Crippen LogP contribution in [0, 0.1) is 11.8 Å². The monoisotopic (exact) mass is 267 g/mol. The molecule has 4 nitrogen and oxygen atoms in total. The molecule has 1 N–H and O–H groups in total. The van der Waals surface area contributed by atoms with Gasteiger partial charge in [-0.05, 0) is 32.2 Å². The Hall–Kier alpha value is -1.03. The van der Waals surface area contributed by atoms with Crippen molar-refractivity contribution in [2.24, 2.45) is 11.8 Å². The minimum atomic E-state index is 0.184. The minimum Gasteiger partial charge on any atom is -0.486 e. The van der Waals surface area contributed by atoms with Crippen molar-refractivity contribution in [1.82, 2.24) is 15.1 Å². The molecule has 0 aliphatic heterocycles. The fourth-order valence-corrected chi connectivity index (χ4v) is 1.77. The van der Waals surface area contributed by atoms with Gasteiger partial charge in [-0.2, -0.15) is 5.10 Å². The van der Waals surface area contributed by atoms with Crippen LogP contribution in [-0.2, 0) is 0 Å². The molecule has 1 aromatic rings. The van der Waals surface area contributed by atoms with Crippen molar-refractivity contribution in [3.8, 4) is 5.75 Å². The summed E-state index contributed by atoms with van der Waals surface area (Å²) in [4.78, 5) is 0. The lowest BCUT2D eigenvalue weighted by molar-refractivity contribution is 0.147. The van der Waals surface area contributed by atoms with Crippen LogP contribution in [-0.4, -0.2) is 29.0 Å². The van der Waals surface area contributed by atoms with E-state index in [1.165, 1.54) is 0 Å². The molecule has 4 heteroatoms. The maximum atomic E-state index is 6.04. The molecular formula is C15H29N3O. The molecule has 1 aromatic heterocycles. The predicted molar refractivity (Wildman–Crippen MR) is 79.6 cm³/mol. The predicted octanol–water partition coefficient (Wildman–Crippen LogP) is 3.11. The van der Waals surface area contributed by atoms with E-state index in [-0.39, 0.29) is 6.10 Å². The van der Waals surface area contributed by atoms with Crippen LogP contribution < -0.4 is 10.1 Å². The van der Waals surface area contributed by atoms with E-state index in [0.29, 0.717) is 17.9 Å². The molecule has 1 heterocycles. The molecule has 1 unspecified atom stereocenters. The second kappa shape index (κ2) is 7.53. The largest absolute Gasteiger partial charge is 0.486 e. The van der Waals surface area contributed by atoms with Crippen LogP contribution in [0.15, 0.2) is 12.4 Å². The topological polar surface area (TPSA) is 39.1 Å². The second-order valence-corrected chi connectivity index (χ2v) is 6.20. The van der Waals surface area contributed by atoms with Gasteiger partial charge in [0.1, 0.15) is 6.10 Å². The van der Waals surface area contributed by atoms with E-state index in [2.05, 4.69) is 52.0 Å². The van der Waals surface area contributed by atoms with Crippen molar-refractivity contribution in [2.75, 3.05) is 13.1 Å². The maximum absolute atomic E-state index is 6.04. The summed E-state index contributed by atoms with van der Waals surface area (Å²) in [6.07, 6.45) is 3.96. The van der Waals surface area contributed by atoms with Crippen LogP contribution in [0.4, 0.5) is 0 Å². The van der Waals surface area contributed by atoms with Crippen molar-refractivity contribution in [1.29, 1.82) is 0 Å². The summed E-state index contributed by atoms with van der Waals surface area (Å²) in [6, 6.07) is 0.369. The number of ether oxygens (including phenoxy) is 1. The fourth-order valence-electron chi connectivity index (χ4n) is 1.77. The molecule has 0 bridgehead atoms. The Kier molecular flexibility index (Phi) is 6.35. The average molecular weight is 267 g/mol. The Labute approximate surface area is 117 Å². The lowest BCUT2D eigenvalue weighted by Crippen LogP contribution is -2.36. The summed E-state index contributed by atoms with van der Waals surface area (Å²) in [5.41, 5.74) is 0. The van der Waals surface area contributed by atoms with E-state index in [0.717, 1.165) is 18.8 Å². The highest BCUT2D eigenvalue weighted by atomic mass is 16.5. The van der Waals surface area contributed by atoms with Crippen molar-refractivity contribution < 1.29 is 4.74 Å². The molecule has 1 atom stereocenters. The molecule has 0 radical (unpaired) electrons. The van der Waals surface area contributed by atoms with Gasteiger partial charge in [-0.3, -0.25) is 4.68 Å². The van der Waals surface area contributed by atoms with E-state index in [1.54, 1.807) is 6.20 Å². The Balaban J connectivity index is 2.52. The molecule has 0 saturated carbocycles. The Morgan fingerprint density at radius 2 is 1.84 bits per heavy atom. The van der Waals surface area contributed by atoms with Gasteiger partial charge in [-0.1, -0.05) is 27.7 Å². The van der Waals surface area contributed by atoms with Gasteiger partial charge in [0.2, 0.25) is 0 Å². The van der Waals surface area contributed by atoms with E-state index in [4.69, 9.17) is 4.74 Å². The highest BCUT2D eigenvalue weighted by molar-refractivity contribution is 5.12. The van der Waals surface area contributed by atoms with Crippen molar-refractivity contribution in [3.05, 3.63) is 12.4 Å². The number of nitrogens with one attached hydrogen (secondary N) is 1. The summed E-state index contributed by atoms with van der Waals surface area (Å²) in [5, 5.41) is 7.77. The van der Waals surface area contributed by atoms with E-state index in [9.17, 15) is 0 Å². The van der Waals surface area contributed by atoms with E-state index in [1.807, 2.05) is 10.9 Å². The molecule has 0 spiro atoms. The van der Waals surface area contributed by atoms with Crippen LogP contribution in [0.5, 0.6) is 5.75 Å². The van der Waals surface area contributed by atoms with Crippen molar-refractivity contribution in [3.63, 3.8) is 0 Å². The first-order valence-corrected chi connectivity index (χ1v) is 7.31. The van der Waals surface area contributed by atoms with Crippen LogP contribution in [0.2, 0.25) is 0 Å². The first kappa shape index (κ1) is 16.0. The first-order valence-electron chi connectivity index (χ1n) is 7.31. The number of hydrogen-bond acceptors (Lipinski definition) is 3. The Morgan fingerprint density at radius 3 is 2.32 bits per heavy atom. The van der Waals surface area contributed by atoms with Crippen LogP contribution in [0.1, 0.15) is 47.6 Å². The van der Waals surface area contributed by atoms with Gasteiger partial charge in [0.25, 0.3) is 0 Å². The zero-order valence-electron chi connectivity index (χ0n) is 13.2. The van der Waals surface area contributed by atoms with Gasteiger partial charge in [-0.15, -0.1) is 0 Å². The van der Waals surface area contributed by atoms with Crippen LogP contribution >= 0.6 is 0 Å². The molecule has 0 aliphatic rings. The molecule has 19 heavy (non-hydrogen) atoms. The average Bonchev–Trinajstić information content (AvgIpc) is 2.75. The normalized spacial score (nSPS) is 13.5. The van der Waals surface area contributed by atoms with E-state index < -0.39 is 0 Å². The molecule has 1 rings (SSSR count). The second-order valence-electron chi connectivity index (χ2n) is 6.20. The van der Waals surface area contributed by atoms with E-state index >= 15 is 0 Å². The number of rotatable bonds is 8. The van der Waals surface area contributed by atoms with Crippen LogP contribution in [0.3, 0.4) is 0 Å². The van der Waals surface area contributed by atoms with Crippen molar-refractivity contribution >= 4 is 0 Å². The molecule has 0 saturated heterocycles. The van der Waals surface area contributed by atoms with Gasteiger partial charge in [0, 0.05) is 12.6 Å². The summed E-state index contributed by atoms with van der Waals surface area (Å²) in [5.74, 6) is 2.00. The summed E-state index contributed by atoms with van der Waals surface area (Å²) in [7, 11) is 0. The fraction of sp³-hybridized carbons (Fsp3) is 0.800. The highest BCUT2D eigenvalue weighted by Gasteiger charge is 2.16. The summed E-state index contributed by atoms with van der Waals surface area (Å²) in [6.45, 7) is 14.9. The Morgan fingerprint density at radius 1 is 1.16 bits per heavy atom. The van der Waals surface area contributed by atoms with Gasteiger partial charge in [0.05, 0.1) is 12.4 Å². The lowest BCUT2D eigenvalue weighted by atomic mass is 10.1. The first-order chi connectivity index (χ1) is 8.90. The third-order valence-corrected chi connectivity index (χ3v) is 3.04. The SMILES string of the molecule is CC(C)CNCC(Oc1cnn(C(C)C)c1)C(C)C. The smallest absolute Gasteiger partial charge is 0.157 e. The van der Waals surface area contributed by atoms with Gasteiger partial charge < -0.3 is 10.1 Å². The van der Waals surface area contributed by atoms with Gasteiger partial charge in [0.15, 0.2) is 5.75 Å². The van der Waals surface area contributed by atoms with Crippen molar-refractivity contribution in [2.45, 2.75) is 53.7 Å². The minimum absolute atomic E-state index is 0.184. The zero-order valence-corrected chi connectivity index (χ0v) is 13.2. The molecule has 110 valence electrons. The third-order valence-electron chi connectivity index (χ3n) is 3.04. The molecular weight excluding hydrogens is 238 g/mol. The van der Waals surface area contributed by atoms with Gasteiger partial charge >= 0.3 is 0 Å².